The lowest BCUT2D eigenvalue weighted by Gasteiger charge is -2.07. The zero-order valence-electron chi connectivity index (χ0n) is 17.8. The molecule has 0 fully saturated rings. The van der Waals surface area contributed by atoms with Crippen LogP contribution in [-0.2, 0) is 11.3 Å². The summed E-state index contributed by atoms with van der Waals surface area (Å²) < 4.78 is 3.25. The number of fused-ring (bicyclic) bond motifs is 1. The molecule has 0 unspecified atom stereocenters. The van der Waals surface area contributed by atoms with Crippen molar-refractivity contribution in [1.29, 1.82) is 0 Å². The number of rotatable bonds is 7. The predicted octanol–water partition coefficient (Wildman–Crippen LogP) is 7.34. The van der Waals surface area contributed by atoms with Gasteiger partial charge in [0.1, 0.15) is 0 Å². The maximum atomic E-state index is 12.6. The standard InChI is InChI=1S/C23H17Cl2N5OS3/c1-2-30-21(16-10-32-19-6-4-3-5-14(16)19)28-29-23(30)34-12-20(31)27-22-26-18(11-33-22)15-8-7-13(24)9-17(15)25/h3-11H,2,12H2,1H3,(H,26,27,31). The van der Waals surface area contributed by atoms with E-state index in [9.17, 15) is 4.79 Å². The third-order valence-corrected chi connectivity index (χ3v) is 8.28. The van der Waals surface area contributed by atoms with Gasteiger partial charge in [0.05, 0.1) is 16.5 Å². The lowest BCUT2D eigenvalue weighted by atomic mass is 10.1. The summed E-state index contributed by atoms with van der Waals surface area (Å²) >= 11 is 16.6. The molecule has 34 heavy (non-hydrogen) atoms. The minimum atomic E-state index is -0.165. The Balaban J connectivity index is 1.27. The molecule has 1 amide bonds. The van der Waals surface area contributed by atoms with Crippen LogP contribution in [0.4, 0.5) is 5.13 Å². The Kier molecular flexibility index (Phi) is 6.89. The molecule has 0 aliphatic carbocycles. The molecule has 2 aromatic carbocycles. The minimum absolute atomic E-state index is 0.165. The summed E-state index contributed by atoms with van der Waals surface area (Å²) in [5.74, 6) is 0.840. The van der Waals surface area contributed by atoms with E-state index in [0.717, 1.165) is 22.3 Å². The van der Waals surface area contributed by atoms with Gasteiger partial charge in [-0.25, -0.2) is 4.98 Å². The van der Waals surface area contributed by atoms with Crippen molar-refractivity contribution in [2.45, 2.75) is 18.6 Å². The maximum absolute atomic E-state index is 12.6. The molecule has 11 heteroatoms. The van der Waals surface area contributed by atoms with Gasteiger partial charge < -0.3 is 9.88 Å². The fourth-order valence-corrected chi connectivity index (χ4v) is 6.44. The number of nitrogens with one attached hydrogen (secondary N) is 1. The van der Waals surface area contributed by atoms with Crippen molar-refractivity contribution in [3.05, 3.63) is 63.3 Å². The number of thiophene rings is 1. The van der Waals surface area contributed by atoms with Gasteiger partial charge >= 0.3 is 0 Å². The van der Waals surface area contributed by atoms with E-state index in [1.807, 2.05) is 35.1 Å². The van der Waals surface area contributed by atoms with Crippen LogP contribution < -0.4 is 5.32 Å². The van der Waals surface area contributed by atoms with Crippen molar-refractivity contribution in [1.82, 2.24) is 19.7 Å². The highest BCUT2D eigenvalue weighted by Crippen LogP contribution is 2.35. The summed E-state index contributed by atoms with van der Waals surface area (Å²) in [7, 11) is 0. The Morgan fingerprint density at radius 1 is 1.09 bits per heavy atom. The van der Waals surface area contributed by atoms with Crippen LogP contribution in [0, 0.1) is 0 Å². The second-order valence-electron chi connectivity index (χ2n) is 7.19. The second kappa shape index (κ2) is 10.1. The molecule has 0 atom stereocenters. The fourth-order valence-electron chi connectivity index (χ4n) is 3.47. The largest absolute Gasteiger partial charge is 0.302 e. The molecule has 0 bridgehead atoms. The third-order valence-electron chi connectivity index (χ3n) is 5.04. The zero-order valence-corrected chi connectivity index (χ0v) is 21.7. The summed E-state index contributed by atoms with van der Waals surface area (Å²) in [6.45, 7) is 2.75. The number of hydrogen-bond acceptors (Lipinski definition) is 7. The maximum Gasteiger partial charge on any atom is 0.236 e. The smallest absolute Gasteiger partial charge is 0.236 e. The third kappa shape index (κ3) is 4.71. The summed E-state index contributed by atoms with van der Waals surface area (Å²) in [5, 5.41) is 19.0. The number of amides is 1. The van der Waals surface area contributed by atoms with Gasteiger partial charge in [0, 0.05) is 43.5 Å². The number of carbonyl (C=O) groups is 1. The Morgan fingerprint density at radius 3 is 2.76 bits per heavy atom. The van der Waals surface area contributed by atoms with Gasteiger partial charge in [-0.2, -0.15) is 0 Å². The monoisotopic (exact) mass is 545 g/mol. The van der Waals surface area contributed by atoms with Crippen molar-refractivity contribution in [3.8, 4) is 22.6 Å². The average Bonchev–Trinajstić information content (AvgIpc) is 3.55. The first-order valence-electron chi connectivity index (χ1n) is 10.3. The number of anilines is 1. The van der Waals surface area contributed by atoms with E-state index in [4.69, 9.17) is 23.2 Å². The van der Waals surface area contributed by atoms with Gasteiger partial charge in [0.2, 0.25) is 5.91 Å². The molecule has 0 aliphatic heterocycles. The first-order chi connectivity index (χ1) is 16.5. The van der Waals surface area contributed by atoms with Crippen molar-refractivity contribution in [2.75, 3.05) is 11.1 Å². The molecule has 0 radical (unpaired) electrons. The second-order valence-corrected chi connectivity index (χ2v) is 10.8. The molecule has 5 aromatic rings. The van der Waals surface area contributed by atoms with E-state index >= 15 is 0 Å². The van der Waals surface area contributed by atoms with Gasteiger partial charge in [-0.15, -0.1) is 32.9 Å². The number of thiazole rings is 1. The summed E-state index contributed by atoms with van der Waals surface area (Å²) in [4.78, 5) is 17.1. The van der Waals surface area contributed by atoms with Crippen LogP contribution in [0.2, 0.25) is 10.0 Å². The summed E-state index contributed by atoms with van der Waals surface area (Å²) in [6.07, 6.45) is 0. The lowest BCUT2D eigenvalue weighted by Crippen LogP contribution is -2.14. The molecule has 3 aromatic heterocycles. The zero-order chi connectivity index (χ0) is 23.7. The lowest BCUT2D eigenvalue weighted by molar-refractivity contribution is -0.113. The molecule has 172 valence electrons. The predicted molar refractivity (Wildman–Crippen MR) is 143 cm³/mol. The van der Waals surface area contributed by atoms with Crippen LogP contribution in [0.15, 0.2) is 58.4 Å². The van der Waals surface area contributed by atoms with Crippen molar-refractivity contribution in [2.24, 2.45) is 0 Å². The van der Waals surface area contributed by atoms with Crippen molar-refractivity contribution in [3.63, 3.8) is 0 Å². The Morgan fingerprint density at radius 2 is 1.94 bits per heavy atom. The fraction of sp³-hybridized carbons (Fsp3) is 0.130. The number of halogens is 2. The quantitative estimate of drug-likeness (QED) is 0.216. The van der Waals surface area contributed by atoms with Crippen molar-refractivity contribution < 1.29 is 4.79 Å². The number of hydrogen-bond donors (Lipinski definition) is 1. The Hall–Kier alpha value is -2.43. The number of benzene rings is 2. The highest BCUT2D eigenvalue weighted by molar-refractivity contribution is 7.99. The molecule has 0 spiro atoms. The molecular weight excluding hydrogens is 529 g/mol. The highest BCUT2D eigenvalue weighted by Gasteiger charge is 2.18. The van der Waals surface area contributed by atoms with Crippen LogP contribution in [0.3, 0.4) is 0 Å². The summed E-state index contributed by atoms with van der Waals surface area (Å²) in [6, 6.07) is 13.5. The Labute approximate surface area is 218 Å². The van der Waals surface area contributed by atoms with Gasteiger partial charge in [0.15, 0.2) is 16.1 Å². The summed E-state index contributed by atoms with van der Waals surface area (Å²) in [5.41, 5.74) is 2.51. The topological polar surface area (TPSA) is 72.7 Å². The van der Waals surface area contributed by atoms with E-state index < -0.39 is 0 Å². The van der Waals surface area contributed by atoms with Gasteiger partial charge in [-0.1, -0.05) is 53.2 Å². The van der Waals surface area contributed by atoms with E-state index in [2.05, 4.69) is 38.0 Å². The van der Waals surface area contributed by atoms with Crippen LogP contribution in [0.25, 0.3) is 32.7 Å². The van der Waals surface area contributed by atoms with Crippen LogP contribution in [0.1, 0.15) is 6.92 Å². The van der Waals surface area contributed by atoms with E-state index in [1.54, 1.807) is 23.5 Å². The SMILES string of the molecule is CCn1c(SCC(=O)Nc2nc(-c3ccc(Cl)cc3Cl)cs2)nnc1-c1csc2ccccc12. The number of aromatic nitrogens is 4. The Bertz CT molecular complexity index is 1490. The molecule has 6 nitrogen and oxygen atoms in total. The first kappa shape index (κ1) is 23.3. The van der Waals surface area contributed by atoms with Gasteiger partial charge in [-0.3, -0.25) is 4.79 Å². The van der Waals surface area contributed by atoms with Gasteiger partial charge in [-0.05, 0) is 31.2 Å². The average molecular weight is 547 g/mol. The van der Waals surface area contributed by atoms with Gasteiger partial charge in [0.25, 0.3) is 0 Å². The number of nitrogens with zero attached hydrogens (tertiary/aromatic N) is 4. The molecule has 5 rings (SSSR count). The molecule has 0 saturated heterocycles. The molecule has 1 N–H and O–H groups in total. The molecule has 3 heterocycles. The normalized spacial score (nSPS) is 11.3. The van der Waals surface area contributed by atoms with Crippen LogP contribution in [-0.4, -0.2) is 31.4 Å². The van der Waals surface area contributed by atoms with Crippen LogP contribution >= 0.6 is 57.6 Å². The van der Waals surface area contributed by atoms with Crippen molar-refractivity contribution >= 4 is 78.8 Å². The molecular formula is C23H17Cl2N5OS3. The van der Waals surface area contributed by atoms with Crippen LogP contribution in [0.5, 0.6) is 0 Å². The number of thioether (sulfide) groups is 1. The minimum Gasteiger partial charge on any atom is -0.302 e. The first-order valence-corrected chi connectivity index (χ1v) is 13.8. The molecule has 0 aliphatic rings. The number of carbonyl (C=O) groups excluding carboxylic acids is 1. The van der Waals surface area contributed by atoms with E-state index in [-0.39, 0.29) is 11.7 Å². The highest BCUT2D eigenvalue weighted by atomic mass is 35.5. The molecule has 0 saturated carbocycles. The van der Waals surface area contributed by atoms with E-state index in [1.165, 1.54) is 27.8 Å². The van der Waals surface area contributed by atoms with E-state index in [0.29, 0.717) is 32.6 Å².